The van der Waals surface area contributed by atoms with Gasteiger partial charge in [0, 0.05) is 32.4 Å². The molecule has 6 nitrogen and oxygen atoms in total. The summed E-state index contributed by atoms with van der Waals surface area (Å²) in [6.45, 7) is 0. The van der Waals surface area contributed by atoms with Gasteiger partial charge in [0.15, 0.2) is 5.82 Å². The van der Waals surface area contributed by atoms with Gasteiger partial charge in [-0.05, 0) is 12.1 Å². The molecule has 0 saturated carbocycles. The second-order valence-corrected chi connectivity index (χ2v) is 3.57. The van der Waals surface area contributed by atoms with Crippen LogP contribution in [0.4, 0.5) is 17.3 Å². The molecule has 0 aromatic carbocycles. The van der Waals surface area contributed by atoms with E-state index in [1.807, 2.05) is 0 Å². The van der Waals surface area contributed by atoms with Gasteiger partial charge in [-0.3, -0.25) is 0 Å². The standard InChI is InChI=1S/C12H15N5O/c1-14-10-7-8(5-6-16-10)18-11-4-3-9(13)12(15-2)17-11/h3-7H,13H2,1-2H3,(H,14,16)(H,15,17). The number of nitrogens with zero attached hydrogens (tertiary/aromatic N) is 2. The predicted octanol–water partition coefficient (Wildman–Crippen LogP) is 1.93. The fourth-order valence-corrected chi connectivity index (χ4v) is 1.44. The normalized spacial score (nSPS) is 9.89. The third-order valence-electron chi connectivity index (χ3n) is 2.35. The quantitative estimate of drug-likeness (QED) is 0.763. The molecule has 2 aromatic rings. The van der Waals surface area contributed by atoms with Gasteiger partial charge in [0.2, 0.25) is 5.88 Å². The van der Waals surface area contributed by atoms with Crippen LogP contribution in [0.2, 0.25) is 0 Å². The molecule has 0 radical (unpaired) electrons. The molecular formula is C12H15N5O. The van der Waals surface area contributed by atoms with Gasteiger partial charge >= 0.3 is 0 Å². The van der Waals surface area contributed by atoms with Crippen LogP contribution in [0.25, 0.3) is 0 Å². The van der Waals surface area contributed by atoms with Crippen LogP contribution < -0.4 is 21.1 Å². The monoisotopic (exact) mass is 245 g/mol. The van der Waals surface area contributed by atoms with Gasteiger partial charge in [-0.1, -0.05) is 0 Å². The topological polar surface area (TPSA) is 85.1 Å². The van der Waals surface area contributed by atoms with E-state index in [0.717, 1.165) is 5.82 Å². The van der Waals surface area contributed by atoms with E-state index in [4.69, 9.17) is 10.5 Å². The predicted molar refractivity (Wildman–Crippen MR) is 72.1 cm³/mol. The van der Waals surface area contributed by atoms with Crippen LogP contribution in [0.3, 0.4) is 0 Å². The molecule has 0 aliphatic carbocycles. The molecule has 0 aliphatic rings. The largest absolute Gasteiger partial charge is 0.439 e. The zero-order valence-electron chi connectivity index (χ0n) is 10.3. The lowest BCUT2D eigenvalue weighted by Gasteiger charge is -2.09. The van der Waals surface area contributed by atoms with E-state index in [9.17, 15) is 0 Å². The molecule has 18 heavy (non-hydrogen) atoms. The summed E-state index contributed by atoms with van der Waals surface area (Å²) in [7, 11) is 3.56. The first kappa shape index (κ1) is 12.0. The van der Waals surface area contributed by atoms with E-state index in [1.54, 1.807) is 44.6 Å². The molecule has 6 heteroatoms. The van der Waals surface area contributed by atoms with Crippen molar-refractivity contribution in [3.05, 3.63) is 30.5 Å². The molecule has 2 heterocycles. The fraction of sp³-hybridized carbons (Fsp3) is 0.167. The lowest BCUT2D eigenvalue weighted by molar-refractivity contribution is 0.463. The van der Waals surface area contributed by atoms with E-state index in [-0.39, 0.29) is 0 Å². The van der Waals surface area contributed by atoms with Gasteiger partial charge in [-0.15, -0.1) is 0 Å². The van der Waals surface area contributed by atoms with Gasteiger partial charge < -0.3 is 21.1 Å². The fourth-order valence-electron chi connectivity index (χ4n) is 1.44. The Labute approximate surface area is 105 Å². The van der Waals surface area contributed by atoms with Gasteiger partial charge in [0.05, 0.1) is 5.69 Å². The van der Waals surface area contributed by atoms with Crippen LogP contribution in [0.5, 0.6) is 11.6 Å². The number of hydrogen-bond acceptors (Lipinski definition) is 6. The minimum atomic E-state index is 0.474. The molecule has 0 unspecified atom stereocenters. The highest BCUT2D eigenvalue weighted by molar-refractivity contribution is 5.61. The smallest absolute Gasteiger partial charge is 0.221 e. The molecule has 0 amide bonds. The zero-order chi connectivity index (χ0) is 13.0. The Morgan fingerprint density at radius 3 is 2.72 bits per heavy atom. The van der Waals surface area contributed by atoms with Crippen molar-refractivity contribution in [1.82, 2.24) is 9.97 Å². The zero-order valence-corrected chi connectivity index (χ0v) is 10.3. The summed E-state index contributed by atoms with van der Waals surface area (Å²) in [5, 5.41) is 5.84. The number of ether oxygens (including phenoxy) is 1. The summed E-state index contributed by atoms with van der Waals surface area (Å²) in [5.74, 6) is 2.46. The SMILES string of the molecule is CNc1cc(Oc2ccc(N)c(NC)n2)ccn1. The summed E-state index contributed by atoms with van der Waals surface area (Å²) >= 11 is 0. The summed E-state index contributed by atoms with van der Waals surface area (Å²) in [5.41, 5.74) is 6.32. The van der Waals surface area contributed by atoms with E-state index in [1.165, 1.54) is 0 Å². The Hall–Kier alpha value is -2.50. The van der Waals surface area contributed by atoms with Crippen molar-refractivity contribution in [2.45, 2.75) is 0 Å². The summed E-state index contributed by atoms with van der Waals surface area (Å²) in [4.78, 5) is 8.35. The Kier molecular flexibility index (Phi) is 3.47. The number of pyridine rings is 2. The second-order valence-electron chi connectivity index (χ2n) is 3.57. The minimum absolute atomic E-state index is 0.474. The first-order valence-corrected chi connectivity index (χ1v) is 5.49. The van der Waals surface area contributed by atoms with Crippen molar-refractivity contribution in [3.8, 4) is 11.6 Å². The van der Waals surface area contributed by atoms with Crippen molar-refractivity contribution in [1.29, 1.82) is 0 Å². The molecule has 0 atom stereocenters. The van der Waals surface area contributed by atoms with Crippen LogP contribution in [-0.2, 0) is 0 Å². The molecule has 2 rings (SSSR count). The van der Waals surface area contributed by atoms with Gasteiger partial charge in [-0.25, -0.2) is 4.98 Å². The van der Waals surface area contributed by atoms with Crippen molar-refractivity contribution in [2.24, 2.45) is 0 Å². The lowest BCUT2D eigenvalue weighted by atomic mass is 10.4. The second kappa shape index (κ2) is 5.22. The Morgan fingerprint density at radius 2 is 2.00 bits per heavy atom. The van der Waals surface area contributed by atoms with Crippen molar-refractivity contribution < 1.29 is 4.74 Å². The highest BCUT2D eigenvalue weighted by atomic mass is 16.5. The maximum absolute atomic E-state index is 5.74. The summed E-state index contributed by atoms with van der Waals surface area (Å²) < 4.78 is 5.63. The van der Waals surface area contributed by atoms with Crippen LogP contribution in [0.15, 0.2) is 30.5 Å². The molecule has 0 spiro atoms. The molecular weight excluding hydrogens is 230 g/mol. The molecule has 94 valence electrons. The summed E-state index contributed by atoms with van der Waals surface area (Å²) in [6.07, 6.45) is 1.66. The van der Waals surface area contributed by atoms with Gasteiger partial charge in [0.25, 0.3) is 0 Å². The third kappa shape index (κ3) is 2.60. The number of aromatic nitrogens is 2. The van der Waals surface area contributed by atoms with E-state index >= 15 is 0 Å². The average Bonchev–Trinajstić information content (AvgIpc) is 2.41. The maximum atomic E-state index is 5.74. The number of nitrogens with two attached hydrogens (primary N) is 1. The van der Waals surface area contributed by atoms with Crippen molar-refractivity contribution in [2.75, 3.05) is 30.5 Å². The molecule has 4 N–H and O–H groups in total. The molecule has 0 aliphatic heterocycles. The molecule has 0 bridgehead atoms. The number of nitrogens with one attached hydrogen (secondary N) is 2. The Morgan fingerprint density at radius 1 is 1.17 bits per heavy atom. The van der Waals surface area contributed by atoms with Gasteiger partial charge in [-0.2, -0.15) is 4.98 Å². The first-order chi connectivity index (χ1) is 8.72. The van der Waals surface area contributed by atoms with Crippen molar-refractivity contribution >= 4 is 17.3 Å². The Balaban J connectivity index is 2.22. The average molecular weight is 245 g/mol. The highest BCUT2D eigenvalue weighted by Gasteiger charge is 2.04. The number of anilines is 3. The van der Waals surface area contributed by atoms with E-state index in [0.29, 0.717) is 23.1 Å². The molecule has 0 saturated heterocycles. The van der Waals surface area contributed by atoms with E-state index < -0.39 is 0 Å². The molecule has 0 fully saturated rings. The highest BCUT2D eigenvalue weighted by Crippen LogP contribution is 2.24. The third-order valence-corrected chi connectivity index (χ3v) is 2.35. The van der Waals surface area contributed by atoms with Crippen molar-refractivity contribution in [3.63, 3.8) is 0 Å². The maximum Gasteiger partial charge on any atom is 0.221 e. The number of rotatable bonds is 4. The minimum Gasteiger partial charge on any atom is -0.439 e. The number of hydrogen-bond donors (Lipinski definition) is 3. The van der Waals surface area contributed by atoms with Crippen LogP contribution in [-0.4, -0.2) is 24.1 Å². The van der Waals surface area contributed by atoms with Gasteiger partial charge in [0.1, 0.15) is 11.6 Å². The Bertz CT molecular complexity index is 544. The van der Waals surface area contributed by atoms with Crippen LogP contribution >= 0.6 is 0 Å². The van der Waals surface area contributed by atoms with E-state index in [2.05, 4.69) is 20.6 Å². The lowest BCUT2D eigenvalue weighted by Crippen LogP contribution is -2.00. The molecule has 2 aromatic heterocycles. The first-order valence-electron chi connectivity index (χ1n) is 5.49. The van der Waals surface area contributed by atoms with Crippen LogP contribution in [0.1, 0.15) is 0 Å². The van der Waals surface area contributed by atoms with Crippen LogP contribution in [0, 0.1) is 0 Å². The number of nitrogen functional groups attached to an aromatic ring is 1. The summed E-state index contributed by atoms with van der Waals surface area (Å²) in [6, 6.07) is 7.01.